The molecule has 0 unspecified atom stereocenters. The number of hydrogen-bond donors (Lipinski definition) is 1. The molecular formula is C21H18Cl2N2O3S. The maximum atomic E-state index is 13.0. The average molecular weight is 449 g/mol. The van der Waals surface area contributed by atoms with E-state index in [-0.39, 0.29) is 16.5 Å². The van der Waals surface area contributed by atoms with Gasteiger partial charge in [-0.2, -0.15) is 0 Å². The first-order chi connectivity index (χ1) is 13.8. The van der Waals surface area contributed by atoms with Gasteiger partial charge in [0.2, 0.25) is 0 Å². The van der Waals surface area contributed by atoms with Crippen LogP contribution in [0.5, 0.6) is 0 Å². The molecular weight excluding hydrogens is 431 g/mol. The first-order valence-electron chi connectivity index (χ1n) is 8.78. The number of halogens is 2. The molecule has 0 radical (unpaired) electrons. The molecule has 0 saturated heterocycles. The topological polar surface area (TPSA) is 66.5 Å². The SMILES string of the molecule is CCN(c1ccccc1)S(=O)(=O)c1ccc(C(=O)Nc2cccc(Cl)c2Cl)cc1. The van der Waals surface area contributed by atoms with Crippen LogP contribution in [0.1, 0.15) is 17.3 Å². The fraction of sp³-hybridized carbons (Fsp3) is 0.0952. The zero-order chi connectivity index (χ0) is 21.0. The zero-order valence-corrected chi connectivity index (χ0v) is 17.8. The first kappa shape index (κ1) is 21.2. The Morgan fingerprint density at radius 2 is 1.59 bits per heavy atom. The van der Waals surface area contributed by atoms with Crippen LogP contribution in [-0.2, 0) is 10.0 Å². The summed E-state index contributed by atoms with van der Waals surface area (Å²) in [5.41, 5.74) is 1.25. The van der Waals surface area contributed by atoms with Gasteiger partial charge in [-0.05, 0) is 55.5 Å². The number of benzene rings is 3. The summed E-state index contributed by atoms with van der Waals surface area (Å²) in [6, 6.07) is 19.5. The third-order valence-corrected chi connectivity index (χ3v) is 6.97. The van der Waals surface area contributed by atoms with Crippen LogP contribution in [0.15, 0.2) is 77.7 Å². The lowest BCUT2D eigenvalue weighted by atomic mass is 10.2. The van der Waals surface area contributed by atoms with Gasteiger partial charge >= 0.3 is 0 Å². The molecule has 29 heavy (non-hydrogen) atoms. The molecule has 3 rings (SSSR count). The second-order valence-electron chi connectivity index (χ2n) is 6.09. The molecule has 0 atom stereocenters. The molecule has 0 spiro atoms. The van der Waals surface area contributed by atoms with Gasteiger partial charge in [0.25, 0.3) is 15.9 Å². The van der Waals surface area contributed by atoms with Gasteiger partial charge in [-0.15, -0.1) is 0 Å². The molecule has 3 aromatic carbocycles. The van der Waals surface area contributed by atoms with Gasteiger partial charge in [0, 0.05) is 12.1 Å². The monoisotopic (exact) mass is 448 g/mol. The minimum Gasteiger partial charge on any atom is -0.321 e. The van der Waals surface area contributed by atoms with E-state index < -0.39 is 15.9 Å². The molecule has 1 amide bonds. The predicted octanol–water partition coefficient (Wildman–Crippen LogP) is 5.46. The van der Waals surface area contributed by atoms with Crippen LogP contribution in [0.3, 0.4) is 0 Å². The fourth-order valence-corrected chi connectivity index (χ4v) is 4.61. The standard InChI is InChI=1S/C21H18Cl2N2O3S/c1-2-25(16-7-4-3-5-8-16)29(27,28)17-13-11-15(12-14-17)21(26)24-19-10-6-9-18(22)20(19)23/h3-14H,2H2,1H3,(H,24,26). The van der Waals surface area contributed by atoms with Crippen LogP contribution in [0.4, 0.5) is 11.4 Å². The number of carbonyl (C=O) groups is 1. The second-order valence-corrected chi connectivity index (χ2v) is 8.73. The number of para-hydroxylation sites is 1. The van der Waals surface area contributed by atoms with Gasteiger partial charge in [0.05, 0.1) is 26.3 Å². The molecule has 1 N–H and O–H groups in total. The van der Waals surface area contributed by atoms with E-state index >= 15 is 0 Å². The van der Waals surface area contributed by atoms with Crippen molar-refractivity contribution in [3.05, 3.63) is 88.4 Å². The Morgan fingerprint density at radius 3 is 2.21 bits per heavy atom. The molecule has 0 saturated carbocycles. The Hall–Kier alpha value is -2.54. The third kappa shape index (κ3) is 4.56. The van der Waals surface area contributed by atoms with Crippen molar-refractivity contribution in [3.63, 3.8) is 0 Å². The smallest absolute Gasteiger partial charge is 0.264 e. The van der Waals surface area contributed by atoms with Crippen molar-refractivity contribution in [1.82, 2.24) is 0 Å². The first-order valence-corrected chi connectivity index (χ1v) is 11.0. The maximum absolute atomic E-state index is 13.0. The van der Waals surface area contributed by atoms with Crippen molar-refractivity contribution >= 4 is 50.5 Å². The van der Waals surface area contributed by atoms with Gasteiger partial charge in [-0.3, -0.25) is 9.10 Å². The highest BCUT2D eigenvalue weighted by Gasteiger charge is 2.23. The van der Waals surface area contributed by atoms with E-state index in [1.807, 2.05) is 6.07 Å². The largest absolute Gasteiger partial charge is 0.321 e. The number of hydrogen-bond acceptors (Lipinski definition) is 3. The second kappa shape index (κ2) is 8.86. The number of sulfonamides is 1. The quantitative estimate of drug-likeness (QED) is 0.544. The summed E-state index contributed by atoms with van der Waals surface area (Å²) in [6.07, 6.45) is 0. The van der Waals surface area contributed by atoms with E-state index in [9.17, 15) is 13.2 Å². The summed E-state index contributed by atoms with van der Waals surface area (Å²) >= 11 is 12.0. The summed E-state index contributed by atoms with van der Waals surface area (Å²) < 4.78 is 27.3. The minimum absolute atomic E-state index is 0.0977. The van der Waals surface area contributed by atoms with Crippen molar-refractivity contribution in [2.24, 2.45) is 0 Å². The predicted molar refractivity (Wildman–Crippen MR) is 118 cm³/mol. The molecule has 0 aromatic heterocycles. The van der Waals surface area contributed by atoms with Gasteiger partial charge in [-0.25, -0.2) is 8.42 Å². The van der Waals surface area contributed by atoms with Crippen molar-refractivity contribution in [1.29, 1.82) is 0 Å². The zero-order valence-electron chi connectivity index (χ0n) is 15.5. The Balaban J connectivity index is 1.83. The van der Waals surface area contributed by atoms with Crippen LogP contribution in [0.25, 0.3) is 0 Å². The Bertz CT molecular complexity index is 1120. The third-order valence-electron chi connectivity index (χ3n) is 4.24. The van der Waals surface area contributed by atoms with Gasteiger partial charge < -0.3 is 5.32 Å². The molecule has 5 nitrogen and oxygen atoms in total. The van der Waals surface area contributed by atoms with Gasteiger partial charge in [-0.1, -0.05) is 47.5 Å². The molecule has 8 heteroatoms. The minimum atomic E-state index is -3.75. The summed E-state index contributed by atoms with van der Waals surface area (Å²) in [5, 5.41) is 3.23. The van der Waals surface area contributed by atoms with E-state index in [0.29, 0.717) is 22.0 Å². The number of nitrogens with zero attached hydrogens (tertiary/aromatic N) is 1. The lowest BCUT2D eigenvalue weighted by Crippen LogP contribution is -2.30. The lowest BCUT2D eigenvalue weighted by molar-refractivity contribution is 0.102. The van der Waals surface area contributed by atoms with Gasteiger partial charge in [0.15, 0.2) is 0 Å². The van der Waals surface area contributed by atoms with E-state index in [1.54, 1.807) is 49.4 Å². The van der Waals surface area contributed by atoms with Crippen molar-refractivity contribution in [2.45, 2.75) is 11.8 Å². The molecule has 0 bridgehead atoms. The van der Waals surface area contributed by atoms with Crippen LogP contribution in [0.2, 0.25) is 10.0 Å². The Morgan fingerprint density at radius 1 is 0.931 bits per heavy atom. The number of rotatable bonds is 6. The Labute approximate surface area is 179 Å². The van der Waals surface area contributed by atoms with Crippen molar-refractivity contribution in [3.8, 4) is 0 Å². The lowest BCUT2D eigenvalue weighted by Gasteiger charge is -2.23. The van der Waals surface area contributed by atoms with Crippen LogP contribution in [0, 0.1) is 0 Å². The average Bonchev–Trinajstić information content (AvgIpc) is 2.72. The normalized spacial score (nSPS) is 11.1. The number of anilines is 2. The molecule has 0 fully saturated rings. The summed E-state index contributed by atoms with van der Waals surface area (Å²) in [7, 11) is -3.75. The highest BCUT2D eigenvalue weighted by Crippen LogP contribution is 2.30. The molecule has 0 aliphatic carbocycles. The number of carbonyl (C=O) groups excluding carboxylic acids is 1. The van der Waals surface area contributed by atoms with E-state index in [4.69, 9.17) is 23.2 Å². The summed E-state index contributed by atoms with van der Waals surface area (Å²) in [4.78, 5) is 12.6. The summed E-state index contributed by atoms with van der Waals surface area (Å²) in [5.74, 6) is -0.423. The van der Waals surface area contributed by atoms with Crippen molar-refractivity contribution in [2.75, 3.05) is 16.2 Å². The highest BCUT2D eigenvalue weighted by molar-refractivity contribution is 7.92. The molecule has 150 valence electrons. The molecule has 0 aliphatic rings. The Kier molecular flexibility index (Phi) is 6.47. The van der Waals surface area contributed by atoms with E-state index in [1.165, 1.54) is 28.6 Å². The van der Waals surface area contributed by atoms with E-state index in [0.717, 1.165) is 0 Å². The fourth-order valence-electron chi connectivity index (χ4n) is 2.79. The molecule has 3 aromatic rings. The summed E-state index contributed by atoms with van der Waals surface area (Å²) in [6.45, 7) is 2.04. The maximum Gasteiger partial charge on any atom is 0.264 e. The highest BCUT2D eigenvalue weighted by atomic mass is 35.5. The van der Waals surface area contributed by atoms with Crippen LogP contribution >= 0.6 is 23.2 Å². The van der Waals surface area contributed by atoms with Crippen LogP contribution in [-0.4, -0.2) is 20.9 Å². The van der Waals surface area contributed by atoms with Gasteiger partial charge in [0.1, 0.15) is 0 Å². The number of amides is 1. The van der Waals surface area contributed by atoms with E-state index in [2.05, 4.69) is 5.32 Å². The molecule has 0 aliphatic heterocycles. The number of nitrogens with one attached hydrogen (secondary N) is 1. The molecule has 0 heterocycles. The van der Waals surface area contributed by atoms with Crippen LogP contribution < -0.4 is 9.62 Å². The van der Waals surface area contributed by atoms with Crippen molar-refractivity contribution < 1.29 is 13.2 Å².